The van der Waals surface area contributed by atoms with E-state index in [1.807, 2.05) is 11.4 Å². The molecule has 8 heteroatoms. The molecular formula is C13H10N4O3S. The molecule has 3 aromatic rings. The molecule has 3 rings (SSSR count). The fraction of sp³-hybridized carbons (Fsp3) is 0.0769. The highest BCUT2D eigenvalue weighted by Crippen LogP contribution is 2.24. The Kier molecular flexibility index (Phi) is 3.36. The van der Waals surface area contributed by atoms with Gasteiger partial charge in [-0.15, -0.1) is 11.3 Å². The first kappa shape index (κ1) is 13.3. The predicted octanol–water partition coefficient (Wildman–Crippen LogP) is 2.76. The molecule has 2 aromatic heterocycles. The van der Waals surface area contributed by atoms with Crippen molar-refractivity contribution >= 4 is 33.1 Å². The lowest BCUT2D eigenvalue weighted by Gasteiger charge is -2.06. The van der Waals surface area contributed by atoms with Gasteiger partial charge in [0.05, 0.1) is 16.4 Å². The smallest absolute Gasteiger partial charge is 0.273 e. The van der Waals surface area contributed by atoms with Crippen molar-refractivity contribution in [3.05, 3.63) is 51.7 Å². The average molecular weight is 302 g/mol. The van der Waals surface area contributed by atoms with Crippen molar-refractivity contribution in [3.8, 4) is 5.75 Å². The molecule has 106 valence electrons. The maximum absolute atomic E-state index is 10.7. The molecule has 1 aromatic carbocycles. The number of hydrogen-bond donors (Lipinski definition) is 1. The van der Waals surface area contributed by atoms with Crippen LogP contribution in [0.4, 0.5) is 11.5 Å². The van der Waals surface area contributed by atoms with Gasteiger partial charge in [-0.2, -0.15) is 0 Å². The number of thiophene rings is 1. The van der Waals surface area contributed by atoms with E-state index in [1.54, 1.807) is 12.1 Å². The first-order chi connectivity index (χ1) is 10.1. The number of rotatable bonds is 4. The number of benzene rings is 1. The molecule has 7 nitrogen and oxygen atoms in total. The largest absolute Gasteiger partial charge is 0.485 e. The van der Waals surface area contributed by atoms with Gasteiger partial charge in [-0.25, -0.2) is 9.97 Å². The predicted molar refractivity (Wildman–Crippen MR) is 79.3 cm³/mol. The van der Waals surface area contributed by atoms with Crippen LogP contribution in [0.2, 0.25) is 0 Å². The number of anilines is 1. The number of nitro benzene ring substituents is 1. The Morgan fingerprint density at radius 1 is 1.33 bits per heavy atom. The third-order valence-electron chi connectivity index (χ3n) is 2.80. The van der Waals surface area contributed by atoms with Gasteiger partial charge in [0.15, 0.2) is 5.82 Å². The van der Waals surface area contributed by atoms with E-state index in [0.29, 0.717) is 17.4 Å². The number of nitrogens with zero attached hydrogens (tertiary/aromatic N) is 3. The minimum Gasteiger partial charge on any atom is -0.485 e. The van der Waals surface area contributed by atoms with Crippen LogP contribution >= 0.6 is 11.3 Å². The van der Waals surface area contributed by atoms with Crippen molar-refractivity contribution in [1.82, 2.24) is 9.97 Å². The molecule has 0 atom stereocenters. The van der Waals surface area contributed by atoms with Crippen molar-refractivity contribution in [2.75, 3.05) is 5.73 Å². The fourth-order valence-corrected chi connectivity index (χ4v) is 2.61. The summed E-state index contributed by atoms with van der Waals surface area (Å²) in [6, 6.07) is 7.82. The Bertz CT molecular complexity index is 818. The lowest BCUT2D eigenvalue weighted by molar-refractivity contribution is -0.384. The SMILES string of the molecule is Nc1nc(COc2cccc([N+](=O)[O-])c2)nc2sccc12. The third kappa shape index (κ3) is 2.75. The summed E-state index contributed by atoms with van der Waals surface area (Å²) in [5.74, 6) is 1.23. The summed E-state index contributed by atoms with van der Waals surface area (Å²) in [6.07, 6.45) is 0. The second kappa shape index (κ2) is 5.33. The number of nitro groups is 1. The Morgan fingerprint density at radius 3 is 3.00 bits per heavy atom. The molecule has 21 heavy (non-hydrogen) atoms. The summed E-state index contributed by atoms with van der Waals surface area (Å²) in [5, 5.41) is 13.4. The van der Waals surface area contributed by atoms with Crippen LogP contribution in [0.15, 0.2) is 35.7 Å². The van der Waals surface area contributed by atoms with Gasteiger partial charge in [-0.1, -0.05) is 6.07 Å². The average Bonchev–Trinajstić information content (AvgIpc) is 2.94. The highest BCUT2D eigenvalue weighted by Gasteiger charge is 2.09. The van der Waals surface area contributed by atoms with E-state index in [-0.39, 0.29) is 12.3 Å². The third-order valence-corrected chi connectivity index (χ3v) is 3.60. The van der Waals surface area contributed by atoms with Gasteiger partial charge in [-0.05, 0) is 17.5 Å². The maximum Gasteiger partial charge on any atom is 0.273 e. The molecule has 0 fully saturated rings. The van der Waals surface area contributed by atoms with Crippen LogP contribution in [0, 0.1) is 10.1 Å². The zero-order chi connectivity index (χ0) is 14.8. The summed E-state index contributed by atoms with van der Waals surface area (Å²) in [5.41, 5.74) is 5.82. The molecule has 0 bridgehead atoms. The van der Waals surface area contributed by atoms with E-state index < -0.39 is 4.92 Å². The van der Waals surface area contributed by atoms with Crippen LogP contribution in [-0.2, 0) is 6.61 Å². The topological polar surface area (TPSA) is 104 Å². The van der Waals surface area contributed by atoms with E-state index in [0.717, 1.165) is 10.2 Å². The first-order valence-corrected chi connectivity index (χ1v) is 6.88. The number of nitrogen functional groups attached to an aromatic ring is 1. The van der Waals surface area contributed by atoms with Crippen molar-refractivity contribution in [1.29, 1.82) is 0 Å². The number of ether oxygens (including phenoxy) is 1. The van der Waals surface area contributed by atoms with Crippen LogP contribution in [0.5, 0.6) is 5.75 Å². The quantitative estimate of drug-likeness (QED) is 0.587. The van der Waals surface area contributed by atoms with Gasteiger partial charge < -0.3 is 10.5 Å². The summed E-state index contributed by atoms with van der Waals surface area (Å²) in [6.45, 7) is 0.0964. The van der Waals surface area contributed by atoms with E-state index >= 15 is 0 Å². The van der Waals surface area contributed by atoms with Crippen LogP contribution in [0.3, 0.4) is 0 Å². The molecule has 0 saturated heterocycles. The second-order valence-electron chi connectivity index (χ2n) is 4.21. The van der Waals surface area contributed by atoms with E-state index in [4.69, 9.17) is 10.5 Å². The van der Waals surface area contributed by atoms with Gasteiger partial charge in [0, 0.05) is 6.07 Å². The Labute approximate surface area is 123 Å². The Morgan fingerprint density at radius 2 is 2.19 bits per heavy atom. The van der Waals surface area contributed by atoms with Crippen molar-refractivity contribution in [2.45, 2.75) is 6.61 Å². The highest BCUT2D eigenvalue weighted by atomic mass is 32.1. The standard InChI is InChI=1S/C13H10N4O3S/c14-12-10-4-5-21-13(10)16-11(15-12)7-20-9-3-1-2-8(6-9)17(18)19/h1-6H,7H2,(H2,14,15,16). The summed E-state index contributed by atoms with van der Waals surface area (Å²) >= 11 is 1.47. The number of non-ortho nitro benzene ring substituents is 1. The second-order valence-corrected chi connectivity index (χ2v) is 5.10. The fourth-order valence-electron chi connectivity index (χ4n) is 1.82. The summed E-state index contributed by atoms with van der Waals surface area (Å²) in [7, 11) is 0. The Hall–Kier alpha value is -2.74. The van der Waals surface area contributed by atoms with Crippen molar-refractivity contribution in [2.24, 2.45) is 0 Å². The molecule has 2 heterocycles. The maximum atomic E-state index is 10.7. The zero-order valence-electron chi connectivity index (χ0n) is 10.7. The van der Waals surface area contributed by atoms with Crippen LogP contribution in [0.1, 0.15) is 5.82 Å². The highest BCUT2D eigenvalue weighted by molar-refractivity contribution is 7.16. The monoisotopic (exact) mass is 302 g/mol. The zero-order valence-corrected chi connectivity index (χ0v) is 11.5. The minimum absolute atomic E-state index is 0.0263. The van der Waals surface area contributed by atoms with Gasteiger partial charge in [0.2, 0.25) is 0 Å². The summed E-state index contributed by atoms with van der Waals surface area (Å²) in [4.78, 5) is 19.5. The number of aromatic nitrogens is 2. The molecule has 0 spiro atoms. The normalized spacial score (nSPS) is 10.7. The molecule has 0 aliphatic rings. The van der Waals surface area contributed by atoms with Gasteiger partial charge in [0.1, 0.15) is 23.0 Å². The van der Waals surface area contributed by atoms with E-state index in [9.17, 15) is 10.1 Å². The molecular weight excluding hydrogens is 292 g/mol. The summed E-state index contributed by atoms with van der Waals surface area (Å²) < 4.78 is 5.48. The lowest BCUT2D eigenvalue weighted by atomic mass is 10.3. The van der Waals surface area contributed by atoms with E-state index in [1.165, 1.54) is 23.5 Å². The first-order valence-electron chi connectivity index (χ1n) is 6.00. The van der Waals surface area contributed by atoms with Crippen molar-refractivity contribution in [3.63, 3.8) is 0 Å². The van der Waals surface area contributed by atoms with E-state index in [2.05, 4.69) is 9.97 Å². The van der Waals surface area contributed by atoms with Crippen molar-refractivity contribution < 1.29 is 9.66 Å². The lowest BCUT2D eigenvalue weighted by Crippen LogP contribution is -2.04. The van der Waals surface area contributed by atoms with Crippen LogP contribution < -0.4 is 10.5 Å². The minimum atomic E-state index is -0.473. The molecule has 0 saturated carbocycles. The number of hydrogen-bond acceptors (Lipinski definition) is 7. The van der Waals surface area contributed by atoms with Gasteiger partial charge in [0.25, 0.3) is 5.69 Å². The van der Waals surface area contributed by atoms with Gasteiger partial charge >= 0.3 is 0 Å². The molecule has 0 aliphatic carbocycles. The number of fused-ring (bicyclic) bond motifs is 1. The molecule has 0 unspecified atom stereocenters. The number of nitrogens with two attached hydrogens (primary N) is 1. The van der Waals surface area contributed by atoms with Crippen LogP contribution in [0.25, 0.3) is 10.2 Å². The van der Waals surface area contributed by atoms with Crippen LogP contribution in [-0.4, -0.2) is 14.9 Å². The molecule has 0 radical (unpaired) electrons. The molecule has 0 aliphatic heterocycles. The molecule has 2 N–H and O–H groups in total. The Balaban J connectivity index is 1.80. The van der Waals surface area contributed by atoms with Gasteiger partial charge in [-0.3, -0.25) is 10.1 Å². The molecule has 0 amide bonds.